The van der Waals surface area contributed by atoms with Gasteiger partial charge in [-0.05, 0) is 42.3 Å². The summed E-state index contributed by atoms with van der Waals surface area (Å²) in [6, 6.07) is 10.8. The minimum Gasteiger partial charge on any atom is -0.422 e. The first-order valence-electron chi connectivity index (χ1n) is 9.85. The SMILES string of the molecule is O=C(c1cc2ccccc2oc1=O)N1CCC[C@@H](Cc2nc(-c3ccsc3)no2)C1. The third-order valence-electron chi connectivity index (χ3n) is 5.39. The number of hydrogen-bond acceptors (Lipinski definition) is 7. The predicted octanol–water partition coefficient (Wildman–Crippen LogP) is 4.00. The molecule has 1 amide bonds. The van der Waals surface area contributed by atoms with Gasteiger partial charge in [0.2, 0.25) is 11.7 Å². The minimum atomic E-state index is -0.599. The maximum Gasteiger partial charge on any atom is 0.349 e. The number of carbonyl (C=O) groups excluding carboxylic acids is 1. The normalized spacial score (nSPS) is 16.8. The Hall–Kier alpha value is -3.26. The Kier molecular flexibility index (Phi) is 4.92. The predicted molar refractivity (Wildman–Crippen MR) is 112 cm³/mol. The van der Waals surface area contributed by atoms with Crippen LogP contribution in [0, 0.1) is 5.92 Å². The van der Waals surface area contributed by atoms with Crippen molar-refractivity contribution in [2.75, 3.05) is 13.1 Å². The van der Waals surface area contributed by atoms with Crippen molar-refractivity contribution in [1.29, 1.82) is 0 Å². The molecule has 1 aliphatic rings. The van der Waals surface area contributed by atoms with E-state index in [9.17, 15) is 9.59 Å². The zero-order valence-corrected chi connectivity index (χ0v) is 16.9. The number of carbonyl (C=O) groups is 1. The average Bonchev–Trinajstić information content (AvgIpc) is 3.45. The molecule has 1 aromatic carbocycles. The van der Waals surface area contributed by atoms with Crippen LogP contribution in [0.4, 0.5) is 0 Å². The molecule has 152 valence electrons. The molecule has 3 aromatic heterocycles. The molecular formula is C22H19N3O4S. The molecule has 1 aliphatic heterocycles. The summed E-state index contributed by atoms with van der Waals surface area (Å²) in [5, 5.41) is 8.74. The molecule has 1 fully saturated rings. The molecule has 0 radical (unpaired) electrons. The molecule has 0 saturated carbocycles. The number of aromatic nitrogens is 2. The van der Waals surface area contributed by atoms with Crippen molar-refractivity contribution in [2.45, 2.75) is 19.3 Å². The Morgan fingerprint density at radius 2 is 2.17 bits per heavy atom. The lowest BCUT2D eigenvalue weighted by Crippen LogP contribution is -2.42. The molecule has 0 unspecified atom stereocenters. The smallest absolute Gasteiger partial charge is 0.349 e. The Morgan fingerprint density at radius 1 is 1.27 bits per heavy atom. The van der Waals surface area contributed by atoms with Crippen molar-refractivity contribution in [1.82, 2.24) is 15.0 Å². The van der Waals surface area contributed by atoms with Crippen LogP contribution >= 0.6 is 11.3 Å². The fourth-order valence-electron chi connectivity index (χ4n) is 3.89. The van der Waals surface area contributed by atoms with Crippen LogP contribution in [0.25, 0.3) is 22.4 Å². The van der Waals surface area contributed by atoms with Crippen LogP contribution in [0.2, 0.25) is 0 Å². The lowest BCUT2D eigenvalue weighted by atomic mass is 9.94. The van der Waals surface area contributed by atoms with Crippen LogP contribution in [0.1, 0.15) is 29.1 Å². The van der Waals surface area contributed by atoms with Crippen molar-refractivity contribution < 1.29 is 13.7 Å². The Bertz CT molecular complexity index is 1240. The number of thiophene rings is 1. The Morgan fingerprint density at radius 3 is 3.03 bits per heavy atom. The average molecular weight is 421 g/mol. The third-order valence-corrected chi connectivity index (χ3v) is 6.07. The van der Waals surface area contributed by atoms with Crippen LogP contribution in [0.15, 0.2) is 60.9 Å². The van der Waals surface area contributed by atoms with E-state index in [1.54, 1.807) is 34.4 Å². The van der Waals surface area contributed by atoms with Gasteiger partial charge < -0.3 is 13.8 Å². The molecule has 4 aromatic rings. The van der Waals surface area contributed by atoms with Crippen LogP contribution < -0.4 is 5.63 Å². The van der Waals surface area contributed by atoms with Gasteiger partial charge >= 0.3 is 5.63 Å². The van der Waals surface area contributed by atoms with E-state index in [2.05, 4.69) is 10.1 Å². The molecule has 4 heterocycles. The van der Waals surface area contributed by atoms with Crippen LogP contribution in [-0.4, -0.2) is 34.0 Å². The maximum absolute atomic E-state index is 13.0. The summed E-state index contributed by atoms with van der Waals surface area (Å²) >= 11 is 1.58. The number of benzene rings is 1. The molecule has 7 nitrogen and oxygen atoms in total. The van der Waals surface area contributed by atoms with E-state index in [1.807, 2.05) is 29.0 Å². The number of hydrogen-bond donors (Lipinski definition) is 0. The number of amides is 1. The van der Waals surface area contributed by atoms with Gasteiger partial charge in [-0.1, -0.05) is 23.4 Å². The van der Waals surface area contributed by atoms with E-state index < -0.39 is 5.63 Å². The van der Waals surface area contributed by atoms with Crippen LogP contribution in [0.5, 0.6) is 0 Å². The number of likely N-dealkylation sites (tertiary alicyclic amines) is 1. The summed E-state index contributed by atoms with van der Waals surface area (Å²) in [6.45, 7) is 1.16. The van der Waals surface area contributed by atoms with Gasteiger partial charge in [0.1, 0.15) is 11.1 Å². The molecule has 0 N–H and O–H groups in total. The second kappa shape index (κ2) is 7.87. The first kappa shape index (κ1) is 18.7. The zero-order chi connectivity index (χ0) is 20.5. The molecule has 1 atom stereocenters. The number of piperidine rings is 1. The fourth-order valence-corrected chi connectivity index (χ4v) is 4.53. The first-order valence-corrected chi connectivity index (χ1v) is 10.8. The number of nitrogens with zero attached hydrogens (tertiary/aromatic N) is 3. The second-order valence-corrected chi connectivity index (χ2v) is 8.25. The highest BCUT2D eigenvalue weighted by molar-refractivity contribution is 7.08. The van der Waals surface area contributed by atoms with Gasteiger partial charge in [-0.15, -0.1) is 0 Å². The Balaban J connectivity index is 1.31. The summed E-state index contributed by atoms with van der Waals surface area (Å²) in [5.74, 6) is 1.07. The molecule has 0 bridgehead atoms. The standard InChI is InChI=1S/C22H19N3O4S/c26-21(17-11-15-5-1-2-6-18(15)28-22(17)27)25-8-3-4-14(12-25)10-19-23-20(24-29-19)16-7-9-30-13-16/h1-2,5-7,9,11,13-14H,3-4,8,10,12H2/t14-/m0/s1. The fraction of sp³-hybridized carbons (Fsp3) is 0.273. The summed E-state index contributed by atoms with van der Waals surface area (Å²) < 4.78 is 10.7. The zero-order valence-electron chi connectivity index (χ0n) is 16.1. The number of fused-ring (bicyclic) bond motifs is 1. The van der Waals surface area contributed by atoms with Crippen LogP contribution in [0.3, 0.4) is 0 Å². The number of para-hydroxylation sites is 1. The summed E-state index contributed by atoms with van der Waals surface area (Å²) in [7, 11) is 0. The topological polar surface area (TPSA) is 89.4 Å². The van der Waals surface area contributed by atoms with Crippen molar-refractivity contribution in [3.05, 3.63) is 69.0 Å². The van der Waals surface area contributed by atoms with E-state index in [4.69, 9.17) is 8.94 Å². The molecule has 30 heavy (non-hydrogen) atoms. The highest BCUT2D eigenvalue weighted by atomic mass is 32.1. The van der Waals surface area contributed by atoms with Crippen molar-refractivity contribution in [3.63, 3.8) is 0 Å². The molecular weight excluding hydrogens is 402 g/mol. The quantitative estimate of drug-likeness (QED) is 0.463. The van der Waals surface area contributed by atoms with E-state index in [1.165, 1.54) is 0 Å². The highest BCUT2D eigenvalue weighted by Gasteiger charge is 2.28. The van der Waals surface area contributed by atoms with Gasteiger partial charge in [0.15, 0.2) is 0 Å². The second-order valence-electron chi connectivity index (χ2n) is 7.47. The lowest BCUT2D eigenvalue weighted by molar-refractivity contribution is 0.0664. The van der Waals surface area contributed by atoms with E-state index in [0.29, 0.717) is 36.8 Å². The number of rotatable bonds is 4. The lowest BCUT2D eigenvalue weighted by Gasteiger charge is -2.32. The van der Waals surface area contributed by atoms with Gasteiger partial charge in [-0.2, -0.15) is 16.3 Å². The summed E-state index contributed by atoms with van der Waals surface area (Å²) in [5.41, 5.74) is 0.900. The monoisotopic (exact) mass is 421 g/mol. The third kappa shape index (κ3) is 3.66. The van der Waals surface area contributed by atoms with E-state index in [0.717, 1.165) is 23.8 Å². The maximum atomic E-state index is 13.0. The van der Waals surface area contributed by atoms with Gasteiger partial charge in [-0.3, -0.25) is 4.79 Å². The largest absolute Gasteiger partial charge is 0.422 e. The molecule has 8 heteroatoms. The Labute approximate surface area is 175 Å². The van der Waals surface area contributed by atoms with Gasteiger partial charge in [0, 0.05) is 35.8 Å². The minimum absolute atomic E-state index is 0.0758. The first-order chi connectivity index (χ1) is 14.7. The van der Waals surface area contributed by atoms with Gasteiger partial charge in [0.05, 0.1) is 0 Å². The summed E-state index contributed by atoms with van der Waals surface area (Å²) in [4.78, 5) is 31.6. The van der Waals surface area contributed by atoms with Crippen molar-refractivity contribution >= 4 is 28.2 Å². The summed E-state index contributed by atoms with van der Waals surface area (Å²) in [6.07, 6.45) is 2.43. The van der Waals surface area contributed by atoms with Gasteiger partial charge in [-0.25, -0.2) is 4.79 Å². The molecule has 5 rings (SSSR count). The van der Waals surface area contributed by atoms with Gasteiger partial charge in [0.25, 0.3) is 5.91 Å². The van der Waals surface area contributed by atoms with E-state index in [-0.39, 0.29) is 17.4 Å². The van der Waals surface area contributed by atoms with Crippen LogP contribution in [-0.2, 0) is 6.42 Å². The molecule has 0 aliphatic carbocycles. The molecule has 1 saturated heterocycles. The van der Waals surface area contributed by atoms with Crippen molar-refractivity contribution in [3.8, 4) is 11.4 Å². The van der Waals surface area contributed by atoms with E-state index >= 15 is 0 Å². The van der Waals surface area contributed by atoms with Crippen molar-refractivity contribution in [2.24, 2.45) is 5.92 Å². The molecule has 0 spiro atoms. The highest BCUT2D eigenvalue weighted by Crippen LogP contribution is 2.24.